The van der Waals surface area contributed by atoms with Gasteiger partial charge in [0.05, 0.1) is 17.6 Å². The number of primary amides is 1. The van der Waals surface area contributed by atoms with Crippen molar-refractivity contribution >= 4 is 28.3 Å². The number of benzene rings is 2. The van der Waals surface area contributed by atoms with Gasteiger partial charge in [-0.3, -0.25) is 19.1 Å². The predicted octanol–water partition coefficient (Wildman–Crippen LogP) is 5.08. The van der Waals surface area contributed by atoms with Crippen LogP contribution in [0.1, 0.15) is 61.3 Å². The molecule has 0 atom stereocenters. The maximum Gasteiger partial charge on any atom is 0.217 e. The Morgan fingerprint density at radius 1 is 0.970 bits per heavy atom. The molecule has 3 aromatic rings. The molecule has 2 aromatic carbocycles. The Hall–Kier alpha value is -3.41. The van der Waals surface area contributed by atoms with Gasteiger partial charge < -0.3 is 10.8 Å². The van der Waals surface area contributed by atoms with Gasteiger partial charge in [0.15, 0.2) is 5.78 Å². The second-order valence-electron chi connectivity index (χ2n) is 8.77. The molecule has 3 N–H and O–H groups in total. The van der Waals surface area contributed by atoms with Crippen molar-refractivity contribution in [1.29, 1.82) is 0 Å². The molecule has 0 saturated heterocycles. The first-order valence-electron chi connectivity index (χ1n) is 11.5. The van der Waals surface area contributed by atoms with E-state index in [-0.39, 0.29) is 31.0 Å². The molecule has 0 radical (unpaired) electrons. The first-order valence-corrected chi connectivity index (χ1v) is 11.5. The Balaban J connectivity index is 2.16. The van der Waals surface area contributed by atoms with Crippen molar-refractivity contribution in [2.24, 2.45) is 10.7 Å². The van der Waals surface area contributed by atoms with Crippen LogP contribution in [0.4, 0.5) is 0 Å². The van der Waals surface area contributed by atoms with Crippen molar-refractivity contribution in [2.75, 3.05) is 6.54 Å². The number of aromatic hydroxyl groups is 1. The molecule has 33 heavy (non-hydrogen) atoms. The van der Waals surface area contributed by atoms with Crippen molar-refractivity contribution in [3.63, 3.8) is 0 Å². The summed E-state index contributed by atoms with van der Waals surface area (Å²) < 4.78 is 1.87. The zero-order valence-corrected chi connectivity index (χ0v) is 19.9. The Morgan fingerprint density at radius 2 is 1.67 bits per heavy atom. The van der Waals surface area contributed by atoms with Crippen LogP contribution >= 0.6 is 0 Å². The van der Waals surface area contributed by atoms with Crippen LogP contribution in [0.3, 0.4) is 0 Å². The van der Waals surface area contributed by atoms with Crippen molar-refractivity contribution in [1.82, 2.24) is 4.57 Å². The molecule has 0 spiro atoms. The molecule has 0 aliphatic rings. The van der Waals surface area contributed by atoms with E-state index in [1.807, 2.05) is 37.5 Å². The van der Waals surface area contributed by atoms with E-state index in [9.17, 15) is 14.7 Å². The molecule has 0 bridgehead atoms. The summed E-state index contributed by atoms with van der Waals surface area (Å²) >= 11 is 0. The third-order valence-corrected chi connectivity index (χ3v) is 5.72. The molecular weight excluding hydrogens is 414 g/mol. The topological polar surface area (TPSA) is 97.7 Å². The lowest BCUT2D eigenvalue weighted by atomic mass is 10.0. The minimum atomic E-state index is -0.497. The van der Waals surface area contributed by atoms with Gasteiger partial charge in [0.1, 0.15) is 0 Å². The lowest BCUT2D eigenvalue weighted by molar-refractivity contribution is -0.123. The third kappa shape index (κ3) is 5.69. The minimum absolute atomic E-state index is 0.0230. The zero-order chi connectivity index (χ0) is 24.1. The normalized spacial score (nSPS) is 11.8. The second-order valence-corrected chi connectivity index (χ2v) is 8.77. The Bertz CT molecular complexity index is 1200. The molecule has 0 fully saturated rings. The fourth-order valence-electron chi connectivity index (χ4n) is 4.16. The first kappa shape index (κ1) is 24.2. The quantitative estimate of drug-likeness (QED) is 0.424. The van der Waals surface area contributed by atoms with Gasteiger partial charge in [0, 0.05) is 29.6 Å². The molecular formula is C27H33N3O3. The van der Waals surface area contributed by atoms with Gasteiger partial charge in [-0.2, -0.15) is 0 Å². The molecule has 0 unspecified atom stereocenters. The lowest BCUT2D eigenvalue weighted by Gasteiger charge is -2.11. The molecule has 174 valence electrons. The summed E-state index contributed by atoms with van der Waals surface area (Å²) in [4.78, 5) is 27.9. The summed E-state index contributed by atoms with van der Waals surface area (Å²) in [6, 6.07) is 12.3. The molecule has 1 aromatic heterocycles. The van der Waals surface area contributed by atoms with E-state index < -0.39 is 5.91 Å². The highest BCUT2D eigenvalue weighted by molar-refractivity contribution is 6.14. The number of nitrogens with two attached hydrogens (primary N) is 1. The average molecular weight is 448 g/mol. The van der Waals surface area contributed by atoms with Gasteiger partial charge in [0.2, 0.25) is 11.8 Å². The van der Waals surface area contributed by atoms with E-state index in [1.54, 1.807) is 0 Å². The first-order chi connectivity index (χ1) is 15.7. The maximum absolute atomic E-state index is 12.3. The van der Waals surface area contributed by atoms with Gasteiger partial charge in [-0.25, -0.2) is 0 Å². The van der Waals surface area contributed by atoms with Crippen LogP contribution < -0.4 is 5.73 Å². The van der Waals surface area contributed by atoms with Crippen molar-refractivity contribution in [2.45, 2.75) is 59.8 Å². The molecule has 6 heteroatoms. The standard InChI is InChI=1S/C27H33N3O3/c1-5-6-7-23(29-16-21(31)9-11-25(28)32)26-22-10-8-17(2)15-24(22)30(27(26)33)20-13-18(3)12-19(4)14-20/h8,10,12-15,33H,5-7,9,11,16H2,1-4H3,(H2,28,32). The lowest BCUT2D eigenvalue weighted by Crippen LogP contribution is -2.14. The molecule has 0 aliphatic heterocycles. The van der Waals surface area contributed by atoms with Crippen molar-refractivity contribution in [3.05, 3.63) is 58.7 Å². The van der Waals surface area contributed by atoms with Gasteiger partial charge in [-0.15, -0.1) is 0 Å². The van der Waals surface area contributed by atoms with E-state index in [1.165, 1.54) is 0 Å². The van der Waals surface area contributed by atoms with Gasteiger partial charge in [-0.05, 0) is 68.5 Å². The number of hydrogen-bond donors (Lipinski definition) is 2. The van der Waals surface area contributed by atoms with Crippen molar-refractivity contribution in [3.8, 4) is 11.6 Å². The molecule has 3 rings (SSSR count). The number of aromatic nitrogens is 1. The summed E-state index contributed by atoms with van der Waals surface area (Å²) in [6.07, 6.45) is 2.59. The number of amides is 1. The number of nitrogens with zero attached hydrogens (tertiary/aromatic N) is 2. The molecule has 0 saturated carbocycles. The molecule has 1 amide bonds. The fraction of sp³-hybridized carbons (Fsp3) is 0.370. The summed E-state index contributed by atoms with van der Waals surface area (Å²) in [6.45, 7) is 8.17. The zero-order valence-electron chi connectivity index (χ0n) is 19.9. The number of ketones is 1. The number of fused-ring (bicyclic) bond motifs is 1. The summed E-state index contributed by atoms with van der Waals surface area (Å²) in [5, 5.41) is 12.4. The smallest absolute Gasteiger partial charge is 0.217 e. The Morgan fingerprint density at radius 3 is 2.30 bits per heavy atom. The number of hydrogen-bond acceptors (Lipinski definition) is 4. The van der Waals surface area contributed by atoms with Crippen LogP contribution in [-0.4, -0.2) is 33.6 Å². The molecule has 1 heterocycles. The van der Waals surface area contributed by atoms with E-state index in [4.69, 9.17) is 5.73 Å². The van der Waals surface area contributed by atoms with Gasteiger partial charge in [-0.1, -0.05) is 31.5 Å². The Labute approximate surface area is 195 Å². The van der Waals surface area contributed by atoms with Crippen LogP contribution in [0.25, 0.3) is 16.6 Å². The highest BCUT2D eigenvalue weighted by Crippen LogP contribution is 2.36. The SMILES string of the molecule is CCCCC(=NCC(=O)CCC(N)=O)c1c(O)n(-c2cc(C)cc(C)c2)c2cc(C)ccc12. The number of Topliss-reactive ketones (excluding diaryl/α,β-unsaturated/α-hetero) is 1. The number of unbranched alkanes of at least 4 members (excludes halogenated alkanes) is 1. The van der Waals surface area contributed by atoms with E-state index in [2.05, 4.69) is 36.2 Å². The van der Waals surface area contributed by atoms with Crippen LogP contribution in [0.15, 0.2) is 41.4 Å². The third-order valence-electron chi connectivity index (χ3n) is 5.72. The maximum atomic E-state index is 12.3. The second kappa shape index (κ2) is 10.5. The number of carbonyl (C=O) groups is 2. The Kier molecular flexibility index (Phi) is 7.69. The number of aryl methyl sites for hydroxylation is 3. The number of aliphatic imine (C=N–C) groups is 1. The largest absolute Gasteiger partial charge is 0.494 e. The van der Waals surface area contributed by atoms with Crippen LogP contribution in [0.2, 0.25) is 0 Å². The fourth-order valence-corrected chi connectivity index (χ4v) is 4.16. The summed E-state index contributed by atoms with van der Waals surface area (Å²) in [5.74, 6) is -0.515. The van der Waals surface area contributed by atoms with Gasteiger partial charge >= 0.3 is 0 Å². The summed E-state index contributed by atoms with van der Waals surface area (Å²) in [7, 11) is 0. The van der Waals surface area contributed by atoms with Gasteiger partial charge in [0.25, 0.3) is 0 Å². The number of carbonyl (C=O) groups excluding carboxylic acids is 2. The van der Waals surface area contributed by atoms with Crippen LogP contribution in [0, 0.1) is 20.8 Å². The van der Waals surface area contributed by atoms with E-state index in [0.29, 0.717) is 17.7 Å². The highest BCUT2D eigenvalue weighted by Gasteiger charge is 2.22. The van der Waals surface area contributed by atoms with E-state index in [0.717, 1.165) is 46.1 Å². The predicted molar refractivity (Wildman–Crippen MR) is 134 cm³/mol. The molecule has 0 aliphatic carbocycles. The average Bonchev–Trinajstić information content (AvgIpc) is 3.02. The monoisotopic (exact) mass is 447 g/mol. The van der Waals surface area contributed by atoms with Crippen molar-refractivity contribution < 1.29 is 14.7 Å². The minimum Gasteiger partial charge on any atom is -0.494 e. The highest BCUT2D eigenvalue weighted by atomic mass is 16.3. The van der Waals surface area contributed by atoms with Crippen LogP contribution in [-0.2, 0) is 9.59 Å². The van der Waals surface area contributed by atoms with E-state index >= 15 is 0 Å². The molecule has 6 nitrogen and oxygen atoms in total. The van der Waals surface area contributed by atoms with Crippen LogP contribution in [0.5, 0.6) is 5.88 Å². The summed E-state index contributed by atoms with van der Waals surface area (Å²) in [5.41, 5.74) is 11.6. The number of rotatable bonds is 10.